The number of hydrogen-bond donors (Lipinski definition) is 1. The van der Waals surface area contributed by atoms with Crippen LogP contribution in [-0.2, 0) is 0 Å². The molecular weight excluding hydrogens is 166 g/mol. The molecule has 1 fully saturated rings. The highest BCUT2D eigenvalue weighted by atomic mass is 32.2. The van der Waals surface area contributed by atoms with Crippen molar-refractivity contribution < 1.29 is 0 Å². The molecule has 1 nitrogen and oxygen atoms in total. The van der Waals surface area contributed by atoms with Gasteiger partial charge in [-0.1, -0.05) is 27.7 Å². The smallest absolute Gasteiger partial charge is 0.0123 e. The number of nitrogens with one attached hydrogen (secondary N) is 1. The summed E-state index contributed by atoms with van der Waals surface area (Å²) in [4.78, 5) is 0. The summed E-state index contributed by atoms with van der Waals surface area (Å²) < 4.78 is 0.880. The van der Waals surface area contributed by atoms with Crippen LogP contribution < -0.4 is 5.32 Å². The molecule has 0 radical (unpaired) electrons. The first-order chi connectivity index (χ1) is 5.35. The van der Waals surface area contributed by atoms with Crippen molar-refractivity contribution in [1.29, 1.82) is 0 Å². The van der Waals surface area contributed by atoms with E-state index in [2.05, 4.69) is 51.8 Å². The monoisotopic (exact) mass is 187 g/mol. The van der Waals surface area contributed by atoms with Gasteiger partial charge in [0.15, 0.2) is 0 Å². The molecule has 0 atom stereocenters. The molecule has 0 unspecified atom stereocenters. The standard InChI is InChI=1S/C10H21NS/c1-9(2)6-8(11-5)7-10(3,4)12-9/h8,11H,6-7H2,1-5H3. The SMILES string of the molecule is CNC1CC(C)(C)SC(C)(C)C1. The minimum absolute atomic E-state index is 0.440. The summed E-state index contributed by atoms with van der Waals surface area (Å²) in [7, 11) is 2.08. The molecule has 0 bridgehead atoms. The van der Waals surface area contributed by atoms with E-state index in [0.29, 0.717) is 15.5 Å². The van der Waals surface area contributed by atoms with Crippen LogP contribution in [0.3, 0.4) is 0 Å². The van der Waals surface area contributed by atoms with Crippen molar-refractivity contribution in [3.63, 3.8) is 0 Å². The molecule has 1 heterocycles. The molecule has 1 aliphatic heterocycles. The van der Waals surface area contributed by atoms with Crippen LogP contribution in [0.1, 0.15) is 40.5 Å². The second-order valence-electron chi connectivity index (χ2n) is 5.02. The maximum Gasteiger partial charge on any atom is 0.0123 e. The molecule has 0 aromatic heterocycles. The molecule has 0 saturated carbocycles. The van der Waals surface area contributed by atoms with Crippen LogP contribution in [-0.4, -0.2) is 22.6 Å². The van der Waals surface area contributed by atoms with Gasteiger partial charge in [-0.25, -0.2) is 0 Å². The summed E-state index contributed by atoms with van der Waals surface area (Å²) in [6.07, 6.45) is 2.58. The van der Waals surface area contributed by atoms with Gasteiger partial charge >= 0.3 is 0 Å². The van der Waals surface area contributed by atoms with Crippen LogP contribution in [0.5, 0.6) is 0 Å². The molecule has 0 spiro atoms. The average molecular weight is 187 g/mol. The topological polar surface area (TPSA) is 12.0 Å². The van der Waals surface area contributed by atoms with Crippen LogP contribution >= 0.6 is 11.8 Å². The molecular formula is C10H21NS. The Morgan fingerprint density at radius 2 is 1.50 bits per heavy atom. The van der Waals surface area contributed by atoms with Gasteiger partial charge in [-0.05, 0) is 19.9 Å². The molecule has 0 aliphatic carbocycles. The van der Waals surface area contributed by atoms with E-state index in [9.17, 15) is 0 Å². The summed E-state index contributed by atoms with van der Waals surface area (Å²) >= 11 is 2.12. The van der Waals surface area contributed by atoms with E-state index >= 15 is 0 Å². The molecule has 0 amide bonds. The maximum atomic E-state index is 3.40. The first-order valence-corrected chi connectivity index (χ1v) is 5.54. The molecule has 72 valence electrons. The number of hydrogen-bond acceptors (Lipinski definition) is 2. The fraction of sp³-hybridized carbons (Fsp3) is 1.00. The highest BCUT2D eigenvalue weighted by Gasteiger charge is 2.38. The maximum absolute atomic E-state index is 3.40. The molecule has 1 N–H and O–H groups in total. The van der Waals surface area contributed by atoms with Crippen molar-refractivity contribution in [2.75, 3.05) is 7.05 Å². The van der Waals surface area contributed by atoms with E-state index in [4.69, 9.17) is 0 Å². The lowest BCUT2D eigenvalue weighted by Gasteiger charge is -2.44. The van der Waals surface area contributed by atoms with E-state index in [1.807, 2.05) is 0 Å². The zero-order valence-electron chi connectivity index (χ0n) is 8.90. The van der Waals surface area contributed by atoms with Crippen molar-refractivity contribution >= 4 is 11.8 Å². The molecule has 12 heavy (non-hydrogen) atoms. The predicted octanol–water partition coefficient (Wildman–Crippen LogP) is 2.66. The van der Waals surface area contributed by atoms with Gasteiger partial charge in [-0.3, -0.25) is 0 Å². The van der Waals surface area contributed by atoms with Gasteiger partial charge in [0.1, 0.15) is 0 Å². The lowest BCUT2D eigenvalue weighted by atomic mass is 9.93. The predicted molar refractivity (Wildman–Crippen MR) is 57.8 cm³/mol. The van der Waals surface area contributed by atoms with Gasteiger partial charge in [0.25, 0.3) is 0 Å². The van der Waals surface area contributed by atoms with E-state index in [-0.39, 0.29) is 0 Å². The van der Waals surface area contributed by atoms with Gasteiger partial charge in [-0.2, -0.15) is 0 Å². The van der Waals surface area contributed by atoms with Crippen molar-refractivity contribution in [3.8, 4) is 0 Å². The molecule has 1 rings (SSSR count). The summed E-state index contributed by atoms with van der Waals surface area (Å²) in [5.41, 5.74) is 0. The Morgan fingerprint density at radius 1 is 1.08 bits per heavy atom. The largest absolute Gasteiger partial charge is 0.317 e. The lowest BCUT2D eigenvalue weighted by molar-refractivity contribution is 0.383. The summed E-state index contributed by atoms with van der Waals surface area (Å²) in [6, 6.07) is 0.705. The van der Waals surface area contributed by atoms with Crippen LogP contribution in [0.15, 0.2) is 0 Å². The third-order valence-electron chi connectivity index (χ3n) is 2.44. The molecule has 0 aromatic rings. The Bertz CT molecular complexity index is 147. The fourth-order valence-corrected chi connectivity index (χ4v) is 4.36. The Hall–Kier alpha value is 0.310. The summed E-state index contributed by atoms with van der Waals surface area (Å²) in [6.45, 7) is 9.40. The normalized spacial score (nSPS) is 28.8. The summed E-state index contributed by atoms with van der Waals surface area (Å²) in [5, 5.41) is 3.40. The van der Waals surface area contributed by atoms with Crippen molar-refractivity contribution in [1.82, 2.24) is 5.32 Å². The van der Waals surface area contributed by atoms with Gasteiger partial charge < -0.3 is 5.32 Å². The molecule has 1 saturated heterocycles. The number of rotatable bonds is 1. The highest BCUT2D eigenvalue weighted by Crippen LogP contribution is 2.46. The lowest BCUT2D eigenvalue weighted by Crippen LogP contribution is -2.44. The van der Waals surface area contributed by atoms with E-state index < -0.39 is 0 Å². The van der Waals surface area contributed by atoms with Gasteiger partial charge in [0.2, 0.25) is 0 Å². The van der Waals surface area contributed by atoms with Crippen molar-refractivity contribution in [2.45, 2.75) is 56.1 Å². The fourth-order valence-electron chi connectivity index (χ4n) is 2.29. The highest BCUT2D eigenvalue weighted by molar-refractivity contribution is 8.01. The second-order valence-corrected chi connectivity index (χ2v) is 7.43. The quantitative estimate of drug-likeness (QED) is 0.677. The Labute approximate surface area is 80.7 Å². The number of thioether (sulfide) groups is 1. The Morgan fingerprint density at radius 3 is 1.83 bits per heavy atom. The van der Waals surface area contributed by atoms with Crippen LogP contribution in [0.2, 0.25) is 0 Å². The van der Waals surface area contributed by atoms with Gasteiger partial charge in [-0.15, -0.1) is 11.8 Å². The molecule has 0 aromatic carbocycles. The minimum Gasteiger partial charge on any atom is -0.317 e. The van der Waals surface area contributed by atoms with Gasteiger partial charge in [0.05, 0.1) is 0 Å². The molecule has 2 heteroatoms. The second kappa shape index (κ2) is 3.22. The Balaban J connectivity index is 2.66. The third kappa shape index (κ3) is 2.67. The summed E-state index contributed by atoms with van der Waals surface area (Å²) in [5.74, 6) is 0. The van der Waals surface area contributed by atoms with Gasteiger partial charge in [0, 0.05) is 15.5 Å². The van der Waals surface area contributed by atoms with E-state index in [1.165, 1.54) is 12.8 Å². The zero-order chi connectivity index (χ0) is 9.41. The van der Waals surface area contributed by atoms with E-state index in [0.717, 1.165) is 0 Å². The van der Waals surface area contributed by atoms with E-state index in [1.54, 1.807) is 0 Å². The van der Waals surface area contributed by atoms with Crippen LogP contribution in [0.25, 0.3) is 0 Å². The average Bonchev–Trinajstić information content (AvgIpc) is 1.80. The first kappa shape index (κ1) is 10.4. The van der Waals surface area contributed by atoms with Crippen molar-refractivity contribution in [2.24, 2.45) is 0 Å². The minimum atomic E-state index is 0.440. The van der Waals surface area contributed by atoms with Crippen LogP contribution in [0, 0.1) is 0 Å². The third-order valence-corrected chi connectivity index (χ3v) is 3.88. The zero-order valence-corrected chi connectivity index (χ0v) is 9.72. The van der Waals surface area contributed by atoms with Crippen molar-refractivity contribution in [3.05, 3.63) is 0 Å². The first-order valence-electron chi connectivity index (χ1n) is 4.72. The molecule has 1 aliphatic rings. The van der Waals surface area contributed by atoms with Crippen LogP contribution in [0.4, 0.5) is 0 Å². The Kier molecular flexibility index (Phi) is 2.79.